The van der Waals surface area contributed by atoms with Gasteiger partial charge in [-0.15, -0.1) is 0 Å². The van der Waals surface area contributed by atoms with Gasteiger partial charge in [0.2, 0.25) is 0 Å². The lowest BCUT2D eigenvalue weighted by molar-refractivity contribution is 0.0600. The first-order valence-corrected chi connectivity index (χ1v) is 10.0. The van der Waals surface area contributed by atoms with Crippen LogP contribution in [0.3, 0.4) is 0 Å². The molecule has 7 heteroatoms. The Morgan fingerprint density at radius 1 is 1.07 bits per heavy atom. The Labute approximate surface area is 170 Å². The summed E-state index contributed by atoms with van der Waals surface area (Å²) in [6.45, 7) is 2.55. The number of ether oxygens (including phenoxy) is 1. The van der Waals surface area contributed by atoms with Crippen LogP contribution in [0.15, 0.2) is 42.6 Å². The molecule has 1 saturated carbocycles. The van der Waals surface area contributed by atoms with E-state index in [1.807, 2.05) is 24.3 Å². The van der Waals surface area contributed by atoms with Gasteiger partial charge in [0.25, 0.3) is 5.91 Å². The number of carbonyl (C=O) groups is 2. The molecule has 0 bridgehead atoms. The predicted octanol–water partition coefficient (Wildman–Crippen LogP) is 2.13. The summed E-state index contributed by atoms with van der Waals surface area (Å²) in [7, 11) is 1.38. The average Bonchev–Trinajstić information content (AvgIpc) is 3.45. The minimum Gasteiger partial charge on any atom is -0.465 e. The lowest BCUT2D eigenvalue weighted by atomic mass is 10.1. The van der Waals surface area contributed by atoms with Crippen molar-refractivity contribution >= 4 is 17.7 Å². The van der Waals surface area contributed by atoms with E-state index >= 15 is 0 Å². The van der Waals surface area contributed by atoms with Crippen molar-refractivity contribution in [3.63, 3.8) is 0 Å². The maximum Gasteiger partial charge on any atom is 0.337 e. The Balaban J connectivity index is 1.26. The number of benzene rings is 1. The number of aromatic nitrogens is 1. The summed E-state index contributed by atoms with van der Waals surface area (Å²) in [6, 6.07) is 12.0. The van der Waals surface area contributed by atoms with E-state index in [0.717, 1.165) is 50.3 Å². The quantitative estimate of drug-likeness (QED) is 0.700. The topological polar surface area (TPSA) is 83.6 Å². The van der Waals surface area contributed by atoms with Crippen molar-refractivity contribution in [2.45, 2.75) is 37.9 Å². The van der Waals surface area contributed by atoms with Crippen molar-refractivity contribution in [3.8, 4) is 0 Å². The second-order valence-corrected chi connectivity index (χ2v) is 7.65. The fourth-order valence-electron chi connectivity index (χ4n) is 3.48. The molecule has 2 N–H and O–H groups in total. The average molecular weight is 394 g/mol. The number of pyridine rings is 1. The number of nitrogens with zero attached hydrogens (tertiary/aromatic N) is 2. The monoisotopic (exact) mass is 394 g/mol. The molecule has 152 valence electrons. The number of amides is 1. The number of hydrogen-bond donors (Lipinski definition) is 2. The number of rotatable bonds is 7. The van der Waals surface area contributed by atoms with E-state index in [0.29, 0.717) is 23.2 Å². The van der Waals surface area contributed by atoms with Crippen LogP contribution in [0.1, 0.15) is 45.5 Å². The van der Waals surface area contributed by atoms with Gasteiger partial charge < -0.3 is 20.3 Å². The highest BCUT2D eigenvalue weighted by Gasteiger charge is 2.25. The largest absolute Gasteiger partial charge is 0.465 e. The summed E-state index contributed by atoms with van der Waals surface area (Å²) in [4.78, 5) is 30.3. The number of carbonyl (C=O) groups excluding carboxylic acids is 2. The molecule has 2 aliphatic rings. The van der Waals surface area contributed by atoms with E-state index in [1.165, 1.54) is 7.11 Å². The summed E-state index contributed by atoms with van der Waals surface area (Å²) >= 11 is 0. The van der Waals surface area contributed by atoms with Crippen LogP contribution < -0.4 is 15.5 Å². The van der Waals surface area contributed by atoms with E-state index in [1.54, 1.807) is 18.3 Å². The fraction of sp³-hybridized carbons (Fsp3) is 0.409. The normalized spacial score (nSPS) is 18.5. The SMILES string of the molecule is COC(=O)c1ccc(CN[C@H]2CCN(c3ccc(C(=O)NC4CC4)cn3)C2)cc1. The third-order valence-electron chi connectivity index (χ3n) is 5.40. The van der Waals surface area contributed by atoms with Gasteiger partial charge in [-0.25, -0.2) is 9.78 Å². The van der Waals surface area contributed by atoms with Gasteiger partial charge in [0.05, 0.1) is 18.2 Å². The zero-order valence-electron chi connectivity index (χ0n) is 16.6. The highest BCUT2D eigenvalue weighted by atomic mass is 16.5. The minimum atomic E-state index is -0.320. The molecule has 1 aromatic carbocycles. The molecule has 1 amide bonds. The number of hydrogen-bond acceptors (Lipinski definition) is 6. The van der Waals surface area contributed by atoms with Gasteiger partial charge >= 0.3 is 5.97 Å². The molecule has 2 fully saturated rings. The maximum atomic E-state index is 12.1. The standard InChI is InChI=1S/C22H26N4O3/c1-29-22(28)16-4-2-15(3-5-16)12-23-19-10-11-26(14-19)20-9-6-17(13-24-20)21(27)25-18-7-8-18/h2-6,9,13,18-19,23H,7-8,10-12,14H2,1H3,(H,25,27)/t19-/m0/s1. The molecule has 29 heavy (non-hydrogen) atoms. The minimum absolute atomic E-state index is 0.0364. The lowest BCUT2D eigenvalue weighted by Crippen LogP contribution is -2.32. The van der Waals surface area contributed by atoms with Gasteiger partial charge in [-0.3, -0.25) is 4.79 Å². The first kappa shape index (κ1) is 19.4. The Hall–Kier alpha value is -2.93. The van der Waals surface area contributed by atoms with E-state index < -0.39 is 0 Å². The summed E-state index contributed by atoms with van der Waals surface area (Å²) in [5, 5.41) is 6.55. The molecule has 4 rings (SSSR count). The number of nitrogens with one attached hydrogen (secondary N) is 2. The van der Waals surface area contributed by atoms with Gasteiger partial charge in [-0.05, 0) is 49.1 Å². The Kier molecular flexibility index (Phi) is 5.76. The molecule has 1 aliphatic heterocycles. The van der Waals surface area contributed by atoms with Crippen LogP contribution >= 0.6 is 0 Å². The summed E-state index contributed by atoms with van der Waals surface area (Å²) in [5.74, 6) is 0.546. The summed E-state index contributed by atoms with van der Waals surface area (Å²) in [5.41, 5.74) is 2.30. The maximum absolute atomic E-state index is 12.1. The molecule has 0 unspecified atom stereocenters. The first-order chi connectivity index (χ1) is 14.1. The molecular weight excluding hydrogens is 368 g/mol. The molecule has 1 saturated heterocycles. The summed E-state index contributed by atoms with van der Waals surface area (Å²) < 4.78 is 4.72. The van der Waals surface area contributed by atoms with E-state index in [9.17, 15) is 9.59 Å². The van der Waals surface area contributed by atoms with Crippen molar-refractivity contribution in [2.24, 2.45) is 0 Å². The van der Waals surface area contributed by atoms with Crippen molar-refractivity contribution in [3.05, 3.63) is 59.3 Å². The highest BCUT2D eigenvalue weighted by molar-refractivity contribution is 5.94. The first-order valence-electron chi connectivity index (χ1n) is 10.0. The second kappa shape index (κ2) is 8.61. The van der Waals surface area contributed by atoms with Crippen molar-refractivity contribution in [1.29, 1.82) is 0 Å². The highest BCUT2D eigenvalue weighted by Crippen LogP contribution is 2.21. The number of esters is 1. The van der Waals surface area contributed by atoms with Gasteiger partial charge in [0.15, 0.2) is 0 Å². The van der Waals surface area contributed by atoms with Crippen LogP contribution in [0.5, 0.6) is 0 Å². The number of methoxy groups -OCH3 is 1. The van der Waals surface area contributed by atoms with Gasteiger partial charge in [0, 0.05) is 37.9 Å². The van der Waals surface area contributed by atoms with E-state index in [2.05, 4.69) is 20.5 Å². The van der Waals surface area contributed by atoms with Crippen LogP contribution in [0, 0.1) is 0 Å². The van der Waals surface area contributed by atoms with Crippen LogP contribution in [-0.2, 0) is 11.3 Å². The molecular formula is C22H26N4O3. The predicted molar refractivity (Wildman–Crippen MR) is 110 cm³/mol. The Morgan fingerprint density at radius 3 is 2.48 bits per heavy atom. The second-order valence-electron chi connectivity index (χ2n) is 7.65. The smallest absolute Gasteiger partial charge is 0.337 e. The van der Waals surface area contributed by atoms with E-state index in [4.69, 9.17) is 4.74 Å². The third-order valence-corrected chi connectivity index (χ3v) is 5.40. The van der Waals surface area contributed by atoms with Crippen LogP contribution in [0.4, 0.5) is 5.82 Å². The zero-order chi connectivity index (χ0) is 20.2. The molecule has 0 spiro atoms. The zero-order valence-corrected chi connectivity index (χ0v) is 16.6. The summed E-state index contributed by atoms with van der Waals surface area (Å²) in [6.07, 6.45) is 4.85. The van der Waals surface area contributed by atoms with Gasteiger partial charge in [0.1, 0.15) is 5.82 Å². The third kappa shape index (κ3) is 4.92. The molecule has 2 heterocycles. The fourth-order valence-corrected chi connectivity index (χ4v) is 3.48. The van der Waals surface area contributed by atoms with Crippen molar-refractivity contribution in [2.75, 3.05) is 25.1 Å². The van der Waals surface area contributed by atoms with Gasteiger partial charge in [-0.1, -0.05) is 12.1 Å². The van der Waals surface area contributed by atoms with E-state index in [-0.39, 0.29) is 11.9 Å². The molecule has 1 aromatic heterocycles. The molecule has 1 atom stereocenters. The molecule has 0 radical (unpaired) electrons. The van der Waals surface area contributed by atoms with Crippen LogP contribution in [0.25, 0.3) is 0 Å². The van der Waals surface area contributed by atoms with Gasteiger partial charge in [-0.2, -0.15) is 0 Å². The van der Waals surface area contributed by atoms with Crippen molar-refractivity contribution in [1.82, 2.24) is 15.6 Å². The molecule has 7 nitrogen and oxygen atoms in total. The molecule has 1 aliphatic carbocycles. The lowest BCUT2D eigenvalue weighted by Gasteiger charge is -2.18. The Bertz CT molecular complexity index is 863. The van der Waals surface area contributed by atoms with Crippen LogP contribution in [-0.4, -0.2) is 49.1 Å². The Morgan fingerprint density at radius 2 is 1.83 bits per heavy atom. The van der Waals surface area contributed by atoms with Crippen molar-refractivity contribution < 1.29 is 14.3 Å². The van der Waals surface area contributed by atoms with Crippen LogP contribution in [0.2, 0.25) is 0 Å². The molecule has 2 aromatic rings. The number of anilines is 1.